The molecular formula is C12H21N3O2S. The number of aromatic nitrogens is 1. The Bertz CT molecular complexity index is 503. The first-order valence-electron chi connectivity index (χ1n) is 6.33. The summed E-state index contributed by atoms with van der Waals surface area (Å²) in [5.74, 6) is 0. The monoisotopic (exact) mass is 271 g/mol. The normalized spacial score (nSPS) is 17.9. The molecule has 0 amide bonds. The van der Waals surface area contributed by atoms with E-state index in [4.69, 9.17) is 0 Å². The highest BCUT2D eigenvalue weighted by Crippen LogP contribution is 2.48. The Morgan fingerprint density at radius 1 is 1.44 bits per heavy atom. The summed E-state index contributed by atoms with van der Waals surface area (Å²) in [4.78, 5) is 3.28. The topological polar surface area (TPSA) is 74.0 Å². The Hall–Kier alpha value is -0.850. The first-order chi connectivity index (χ1) is 8.51. The zero-order chi connectivity index (χ0) is 13.2. The average molecular weight is 271 g/mol. The van der Waals surface area contributed by atoms with E-state index < -0.39 is 10.0 Å². The number of hydrogen-bond donors (Lipinski definition) is 3. The van der Waals surface area contributed by atoms with Crippen LogP contribution >= 0.6 is 0 Å². The Morgan fingerprint density at radius 3 is 2.72 bits per heavy atom. The molecule has 5 nitrogen and oxygen atoms in total. The lowest BCUT2D eigenvalue weighted by molar-refractivity contribution is 0.475. The third kappa shape index (κ3) is 2.93. The van der Waals surface area contributed by atoms with Gasteiger partial charge in [-0.2, -0.15) is 0 Å². The van der Waals surface area contributed by atoms with Crippen molar-refractivity contribution in [3.05, 3.63) is 18.0 Å². The maximum absolute atomic E-state index is 12.1. The van der Waals surface area contributed by atoms with E-state index in [-0.39, 0.29) is 5.41 Å². The van der Waals surface area contributed by atoms with E-state index in [1.807, 2.05) is 7.05 Å². The van der Waals surface area contributed by atoms with Crippen molar-refractivity contribution in [3.8, 4) is 0 Å². The molecular weight excluding hydrogens is 250 g/mol. The smallest absolute Gasteiger partial charge is 0.242 e. The molecule has 102 valence electrons. The van der Waals surface area contributed by atoms with Crippen LogP contribution in [-0.2, 0) is 16.6 Å². The van der Waals surface area contributed by atoms with Crippen LogP contribution in [0, 0.1) is 5.41 Å². The van der Waals surface area contributed by atoms with Crippen molar-refractivity contribution < 1.29 is 8.42 Å². The molecule has 0 atom stereocenters. The second-order valence-electron chi connectivity index (χ2n) is 5.07. The molecule has 1 fully saturated rings. The molecule has 6 heteroatoms. The lowest BCUT2D eigenvalue weighted by Gasteiger charge is -2.12. The van der Waals surface area contributed by atoms with E-state index in [0.717, 1.165) is 25.0 Å². The van der Waals surface area contributed by atoms with Gasteiger partial charge in [-0.25, -0.2) is 13.1 Å². The lowest BCUT2D eigenvalue weighted by atomic mass is 10.1. The van der Waals surface area contributed by atoms with Crippen molar-refractivity contribution in [3.63, 3.8) is 0 Å². The van der Waals surface area contributed by atoms with Gasteiger partial charge in [-0.05, 0) is 37.8 Å². The standard InChI is InChI=1S/C12H21N3O2S/c1-3-12(4-5-12)9-15-18(16,17)11-6-10(7-13-2)14-8-11/h6,8,13-15H,3-5,7,9H2,1-2H3. The van der Waals surface area contributed by atoms with Crippen molar-refractivity contribution >= 4 is 10.0 Å². The molecule has 1 aliphatic carbocycles. The van der Waals surface area contributed by atoms with Crippen LogP contribution in [0.25, 0.3) is 0 Å². The lowest BCUT2D eigenvalue weighted by Crippen LogP contribution is -2.29. The van der Waals surface area contributed by atoms with Crippen LogP contribution in [0.1, 0.15) is 31.9 Å². The molecule has 1 heterocycles. The Kier molecular flexibility index (Phi) is 3.79. The number of rotatable bonds is 7. The number of H-pyrrole nitrogens is 1. The fraction of sp³-hybridized carbons (Fsp3) is 0.667. The highest BCUT2D eigenvalue weighted by molar-refractivity contribution is 7.89. The zero-order valence-electron chi connectivity index (χ0n) is 10.9. The van der Waals surface area contributed by atoms with E-state index in [0.29, 0.717) is 18.0 Å². The Labute approximate surface area is 108 Å². The van der Waals surface area contributed by atoms with E-state index in [1.54, 1.807) is 12.3 Å². The van der Waals surface area contributed by atoms with Gasteiger partial charge in [-0.1, -0.05) is 6.92 Å². The van der Waals surface area contributed by atoms with Gasteiger partial charge in [-0.3, -0.25) is 0 Å². The van der Waals surface area contributed by atoms with Gasteiger partial charge in [0.2, 0.25) is 10.0 Å². The minimum atomic E-state index is -3.37. The van der Waals surface area contributed by atoms with Crippen LogP contribution in [0.2, 0.25) is 0 Å². The van der Waals surface area contributed by atoms with E-state index in [9.17, 15) is 8.42 Å². The van der Waals surface area contributed by atoms with Crippen molar-refractivity contribution in [1.29, 1.82) is 0 Å². The minimum absolute atomic E-state index is 0.219. The van der Waals surface area contributed by atoms with Crippen LogP contribution < -0.4 is 10.0 Å². The maximum atomic E-state index is 12.1. The summed E-state index contributed by atoms with van der Waals surface area (Å²) in [7, 11) is -1.55. The summed E-state index contributed by atoms with van der Waals surface area (Å²) in [6.07, 6.45) is 4.84. The molecule has 2 rings (SSSR count). The molecule has 3 N–H and O–H groups in total. The van der Waals surface area contributed by atoms with Crippen molar-refractivity contribution in [2.75, 3.05) is 13.6 Å². The summed E-state index contributed by atoms with van der Waals surface area (Å²) >= 11 is 0. The molecule has 0 bridgehead atoms. The fourth-order valence-corrected chi connectivity index (χ4v) is 3.20. The van der Waals surface area contributed by atoms with Gasteiger partial charge in [0.15, 0.2) is 0 Å². The molecule has 1 aromatic rings. The van der Waals surface area contributed by atoms with Gasteiger partial charge >= 0.3 is 0 Å². The van der Waals surface area contributed by atoms with Crippen LogP contribution in [0.3, 0.4) is 0 Å². The third-order valence-corrected chi connectivity index (χ3v) is 5.12. The van der Waals surface area contributed by atoms with Gasteiger partial charge in [0.1, 0.15) is 0 Å². The Balaban J connectivity index is 2.01. The number of aromatic amines is 1. The number of hydrogen-bond acceptors (Lipinski definition) is 3. The average Bonchev–Trinajstić information content (AvgIpc) is 2.98. The second-order valence-corrected chi connectivity index (χ2v) is 6.84. The molecule has 0 spiro atoms. The predicted molar refractivity (Wildman–Crippen MR) is 70.7 cm³/mol. The molecule has 1 aliphatic rings. The summed E-state index contributed by atoms with van der Waals surface area (Å²) in [6.45, 7) is 3.30. The first kappa shape index (κ1) is 13.6. The molecule has 18 heavy (non-hydrogen) atoms. The minimum Gasteiger partial charge on any atom is -0.363 e. The van der Waals surface area contributed by atoms with Crippen LogP contribution in [0.4, 0.5) is 0 Å². The summed E-state index contributed by atoms with van der Waals surface area (Å²) in [6, 6.07) is 1.67. The number of nitrogens with one attached hydrogen (secondary N) is 3. The summed E-state index contributed by atoms with van der Waals surface area (Å²) < 4.78 is 26.9. The van der Waals surface area contributed by atoms with Gasteiger partial charge in [0.05, 0.1) is 4.90 Å². The van der Waals surface area contributed by atoms with Crippen LogP contribution in [0.15, 0.2) is 17.2 Å². The summed E-state index contributed by atoms with van der Waals surface area (Å²) in [5, 5.41) is 2.98. The SMILES string of the molecule is CCC1(CNS(=O)(=O)c2c[nH]c(CNC)c2)CC1. The largest absolute Gasteiger partial charge is 0.363 e. The molecule has 0 radical (unpaired) electrons. The molecule has 0 aromatic carbocycles. The quantitative estimate of drug-likeness (QED) is 0.697. The second kappa shape index (κ2) is 5.03. The van der Waals surface area contributed by atoms with Crippen molar-refractivity contribution in [2.24, 2.45) is 5.41 Å². The molecule has 1 saturated carbocycles. The molecule has 0 aliphatic heterocycles. The Morgan fingerprint density at radius 2 is 2.17 bits per heavy atom. The van der Waals surface area contributed by atoms with E-state index >= 15 is 0 Å². The maximum Gasteiger partial charge on any atom is 0.242 e. The van der Waals surface area contributed by atoms with Crippen molar-refractivity contribution in [2.45, 2.75) is 37.6 Å². The van der Waals surface area contributed by atoms with E-state index in [1.165, 1.54) is 0 Å². The zero-order valence-corrected chi connectivity index (χ0v) is 11.7. The molecule has 1 aromatic heterocycles. The van der Waals surface area contributed by atoms with E-state index in [2.05, 4.69) is 21.9 Å². The third-order valence-electron chi connectivity index (χ3n) is 3.74. The van der Waals surface area contributed by atoms with Crippen LogP contribution in [-0.4, -0.2) is 27.0 Å². The molecule has 0 saturated heterocycles. The summed E-state index contributed by atoms with van der Waals surface area (Å²) in [5.41, 5.74) is 1.09. The number of sulfonamides is 1. The van der Waals surface area contributed by atoms with Crippen molar-refractivity contribution in [1.82, 2.24) is 15.0 Å². The fourth-order valence-electron chi connectivity index (χ4n) is 2.03. The van der Waals surface area contributed by atoms with Crippen LogP contribution in [0.5, 0.6) is 0 Å². The van der Waals surface area contributed by atoms with Gasteiger partial charge in [-0.15, -0.1) is 0 Å². The van der Waals surface area contributed by atoms with Gasteiger partial charge in [0, 0.05) is 25.0 Å². The highest BCUT2D eigenvalue weighted by Gasteiger charge is 2.41. The van der Waals surface area contributed by atoms with Gasteiger partial charge < -0.3 is 10.3 Å². The highest BCUT2D eigenvalue weighted by atomic mass is 32.2. The predicted octanol–water partition coefficient (Wildman–Crippen LogP) is 1.20. The first-order valence-corrected chi connectivity index (χ1v) is 7.81. The van der Waals surface area contributed by atoms with Gasteiger partial charge in [0.25, 0.3) is 0 Å². The molecule has 0 unspecified atom stereocenters.